The van der Waals surface area contributed by atoms with E-state index in [-0.39, 0.29) is 11.8 Å². The fourth-order valence-corrected chi connectivity index (χ4v) is 3.63. The van der Waals surface area contributed by atoms with E-state index < -0.39 is 6.10 Å². The van der Waals surface area contributed by atoms with Crippen LogP contribution in [0.3, 0.4) is 0 Å². The summed E-state index contributed by atoms with van der Waals surface area (Å²) in [5.41, 5.74) is 3.56. The lowest BCUT2D eigenvalue weighted by Crippen LogP contribution is -2.34. The second kappa shape index (κ2) is 10.8. The zero-order valence-corrected chi connectivity index (χ0v) is 17.7. The van der Waals surface area contributed by atoms with Crippen molar-refractivity contribution in [2.45, 2.75) is 45.1 Å². The molecular weight excluding hydrogens is 380 g/mol. The van der Waals surface area contributed by atoms with Crippen LogP contribution >= 0.6 is 0 Å². The third-order valence-corrected chi connectivity index (χ3v) is 5.28. The summed E-state index contributed by atoms with van der Waals surface area (Å²) in [6.07, 6.45) is 4.46. The van der Waals surface area contributed by atoms with E-state index >= 15 is 0 Å². The SMILES string of the molecule is CC[C@@H](Oc1ccc2c(c1)CCCC2)C(=O)Nc1ccccc1C(=O)NCCOC. The lowest BCUT2D eigenvalue weighted by molar-refractivity contribution is -0.122. The number of hydrogen-bond acceptors (Lipinski definition) is 4. The molecule has 1 aliphatic carbocycles. The van der Waals surface area contributed by atoms with Crippen molar-refractivity contribution in [2.24, 2.45) is 0 Å². The van der Waals surface area contributed by atoms with Gasteiger partial charge in [-0.05, 0) is 67.5 Å². The summed E-state index contributed by atoms with van der Waals surface area (Å²) in [6, 6.07) is 13.1. The number of methoxy groups -OCH3 is 1. The molecule has 2 aromatic carbocycles. The van der Waals surface area contributed by atoms with E-state index in [1.54, 1.807) is 31.4 Å². The number of carbonyl (C=O) groups is 2. The van der Waals surface area contributed by atoms with Gasteiger partial charge in [0.2, 0.25) is 0 Å². The number of amides is 2. The van der Waals surface area contributed by atoms with Gasteiger partial charge in [0.05, 0.1) is 17.9 Å². The molecule has 0 heterocycles. The van der Waals surface area contributed by atoms with E-state index in [1.807, 2.05) is 13.0 Å². The number of para-hydroxylation sites is 1. The van der Waals surface area contributed by atoms with Crippen LogP contribution in [-0.2, 0) is 22.4 Å². The molecule has 2 N–H and O–H groups in total. The van der Waals surface area contributed by atoms with Gasteiger partial charge in [-0.3, -0.25) is 9.59 Å². The Bertz CT molecular complexity index is 881. The molecule has 1 aliphatic rings. The standard InChI is InChI=1S/C24H30N2O4/c1-3-22(30-19-13-12-17-8-4-5-9-18(17)16-19)24(28)26-21-11-7-6-10-20(21)23(27)25-14-15-29-2/h6-7,10-13,16,22H,3-5,8-9,14-15H2,1-2H3,(H,25,27)(H,26,28)/t22-/m1/s1. The van der Waals surface area contributed by atoms with Gasteiger partial charge in [-0.1, -0.05) is 25.1 Å². The predicted molar refractivity (Wildman–Crippen MR) is 117 cm³/mol. The van der Waals surface area contributed by atoms with Crippen molar-refractivity contribution in [3.8, 4) is 5.75 Å². The number of ether oxygens (including phenoxy) is 2. The van der Waals surface area contributed by atoms with E-state index in [2.05, 4.69) is 22.8 Å². The number of carbonyl (C=O) groups excluding carboxylic acids is 2. The molecule has 6 nitrogen and oxygen atoms in total. The van der Waals surface area contributed by atoms with Gasteiger partial charge in [0.25, 0.3) is 11.8 Å². The summed E-state index contributed by atoms with van der Waals surface area (Å²) in [5.74, 6) is 0.183. The van der Waals surface area contributed by atoms with Gasteiger partial charge in [-0.15, -0.1) is 0 Å². The second-order valence-corrected chi connectivity index (χ2v) is 7.44. The van der Waals surface area contributed by atoms with E-state index in [4.69, 9.17) is 9.47 Å². The summed E-state index contributed by atoms with van der Waals surface area (Å²) in [6.45, 7) is 2.73. The Labute approximate surface area is 178 Å². The number of benzene rings is 2. The maximum absolute atomic E-state index is 12.9. The van der Waals surface area contributed by atoms with Crippen molar-refractivity contribution in [1.29, 1.82) is 0 Å². The molecule has 0 radical (unpaired) electrons. The van der Waals surface area contributed by atoms with Gasteiger partial charge in [-0.25, -0.2) is 0 Å². The molecule has 2 amide bonds. The van der Waals surface area contributed by atoms with Gasteiger partial charge >= 0.3 is 0 Å². The highest BCUT2D eigenvalue weighted by Crippen LogP contribution is 2.26. The molecule has 3 rings (SSSR count). The van der Waals surface area contributed by atoms with Crippen LogP contribution in [0.5, 0.6) is 5.75 Å². The van der Waals surface area contributed by atoms with Crippen LogP contribution in [0.15, 0.2) is 42.5 Å². The molecule has 160 valence electrons. The minimum absolute atomic E-state index is 0.258. The first kappa shape index (κ1) is 21.8. The monoisotopic (exact) mass is 410 g/mol. The number of anilines is 1. The number of rotatable bonds is 9. The molecule has 0 saturated carbocycles. The van der Waals surface area contributed by atoms with Gasteiger partial charge in [0.15, 0.2) is 6.10 Å². The minimum atomic E-state index is -0.642. The molecule has 0 unspecified atom stereocenters. The molecule has 0 aromatic heterocycles. The molecule has 0 bridgehead atoms. The number of hydrogen-bond donors (Lipinski definition) is 2. The first-order chi connectivity index (χ1) is 14.6. The topological polar surface area (TPSA) is 76.7 Å². The molecule has 1 atom stereocenters. The number of nitrogens with one attached hydrogen (secondary N) is 2. The zero-order chi connectivity index (χ0) is 21.3. The van der Waals surface area contributed by atoms with Crippen LogP contribution < -0.4 is 15.4 Å². The lowest BCUT2D eigenvalue weighted by Gasteiger charge is -2.21. The zero-order valence-electron chi connectivity index (χ0n) is 17.7. The quantitative estimate of drug-likeness (QED) is 0.618. The van der Waals surface area contributed by atoms with Gasteiger partial charge in [0, 0.05) is 13.7 Å². The molecule has 0 fully saturated rings. The van der Waals surface area contributed by atoms with Crippen LogP contribution in [0.25, 0.3) is 0 Å². The Morgan fingerprint density at radius 2 is 1.83 bits per heavy atom. The molecule has 6 heteroatoms. The fraction of sp³-hybridized carbons (Fsp3) is 0.417. The average Bonchev–Trinajstić information content (AvgIpc) is 2.77. The Hall–Kier alpha value is -2.86. The van der Waals surface area contributed by atoms with Crippen molar-refractivity contribution >= 4 is 17.5 Å². The van der Waals surface area contributed by atoms with E-state index in [0.717, 1.165) is 12.8 Å². The maximum atomic E-state index is 12.9. The summed E-state index contributed by atoms with van der Waals surface area (Å²) in [5, 5.41) is 5.64. The summed E-state index contributed by atoms with van der Waals surface area (Å²) >= 11 is 0. The minimum Gasteiger partial charge on any atom is -0.481 e. The first-order valence-electron chi connectivity index (χ1n) is 10.6. The normalized spacial score (nSPS) is 13.8. The van der Waals surface area contributed by atoms with E-state index in [0.29, 0.717) is 36.6 Å². The van der Waals surface area contributed by atoms with E-state index in [9.17, 15) is 9.59 Å². The Kier molecular flexibility index (Phi) is 7.85. The van der Waals surface area contributed by atoms with Gasteiger partial charge in [0.1, 0.15) is 5.75 Å². The molecule has 0 spiro atoms. The molecular formula is C24H30N2O4. The summed E-state index contributed by atoms with van der Waals surface area (Å²) in [4.78, 5) is 25.3. The summed E-state index contributed by atoms with van der Waals surface area (Å²) in [7, 11) is 1.58. The molecule has 30 heavy (non-hydrogen) atoms. The largest absolute Gasteiger partial charge is 0.481 e. The predicted octanol–water partition coefficient (Wildman–Crippen LogP) is 3.74. The first-order valence-corrected chi connectivity index (χ1v) is 10.6. The lowest BCUT2D eigenvalue weighted by atomic mass is 9.92. The third-order valence-electron chi connectivity index (χ3n) is 5.28. The highest BCUT2D eigenvalue weighted by Gasteiger charge is 2.21. The Morgan fingerprint density at radius 3 is 2.60 bits per heavy atom. The van der Waals surface area contributed by atoms with Crippen LogP contribution in [0.2, 0.25) is 0 Å². The number of fused-ring (bicyclic) bond motifs is 1. The van der Waals surface area contributed by atoms with Crippen LogP contribution in [0.4, 0.5) is 5.69 Å². The Morgan fingerprint density at radius 1 is 1.07 bits per heavy atom. The second-order valence-electron chi connectivity index (χ2n) is 7.44. The molecule has 0 saturated heterocycles. The van der Waals surface area contributed by atoms with Crippen molar-refractivity contribution in [2.75, 3.05) is 25.6 Å². The smallest absolute Gasteiger partial charge is 0.265 e. The van der Waals surface area contributed by atoms with Crippen molar-refractivity contribution in [3.63, 3.8) is 0 Å². The highest BCUT2D eigenvalue weighted by molar-refractivity contribution is 6.04. The highest BCUT2D eigenvalue weighted by atomic mass is 16.5. The van der Waals surface area contributed by atoms with Crippen LogP contribution in [0, 0.1) is 0 Å². The maximum Gasteiger partial charge on any atom is 0.265 e. The Balaban J connectivity index is 1.67. The number of aryl methyl sites for hydroxylation is 2. The fourth-order valence-electron chi connectivity index (χ4n) is 3.63. The van der Waals surface area contributed by atoms with Gasteiger partial charge < -0.3 is 20.1 Å². The van der Waals surface area contributed by atoms with E-state index in [1.165, 1.54) is 24.0 Å². The van der Waals surface area contributed by atoms with Crippen molar-refractivity contribution in [1.82, 2.24) is 5.32 Å². The molecule has 2 aromatic rings. The van der Waals surface area contributed by atoms with Crippen LogP contribution in [0.1, 0.15) is 47.7 Å². The van der Waals surface area contributed by atoms with Crippen molar-refractivity contribution < 1.29 is 19.1 Å². The van der Waals surface area contributed by atoms with Gasteiger partial charge in [-0.2, -0.15) is 0 Å². The average molecular weight is 411 g/mol. The van der Waals surface area contributed by atoms with Crippen molar-refractivity contribution in [3.05, 3.63) is 59.2 Å². The summed E-state index contributed by atoms with van der Waals surface area (Å²) < 4.78 is 11.0. The third kappa shape index (κ3) is 5.60. The van der Waals surface area contributed by atoms with Crippen LogP contribution in [-0.4, -0.2) is 38.2 Å². The molecule has 0 aliphatic heterocycles.